The number of para-hydroxylation sites is 1. The zero-order valence-corrected chi connectivity index (χ0v) is 18.4. The molecule has 2 heterocycles. The minimum atomic E-state index is -0.279. The van der Waals surface area contributed by atoms with E-state index in [1.165, 1.54) is 12.4 Å². The first-order valence-corrected chi connectivity index (χ1v) is 10.7. The van der Waals surface area contributed by atoms with Gasteiger partial charge in [-0.05, 0) is 67.1 Å². The summed E-state index contributed by atoms with van der Waals surface area (Å²) in [5, 5.41) is 7.92. The predicted molar refractivity (Wildman–Crippen MR) is 135 cm³/mol. The maximum Gasteiger partial charge on any atom is 0.247 e. The second kappa shape index (κ2) is 8.99. The van der Waals surface area contributed by atoms with Crippen molar-refractivity contribution < 1.29 is 9.53 Å². The van der Waals surface area contributed by atoms with Crippen LogP contribution in [0.25, 0.3) is 21.8 Å². The van der Waals surface area contributed by atoms with Gasteiger partial charge in [-0.15, -0.1) is 0 Å². The number of hydrogen-bond donors (Lipinski definition) is 2. The topological polar surface area (TPSA) is 89.0 Å². The Hall–Kier alpha value is -4.78. The minimum absolute atomic E-state index is 0.279. The number of carbonyl (C=O) groups is 1. The van der Waals surface area contributed by atoms with Crippen molar-refractivity contribution in [3.8, 4) is 11.5 Å². The van der Waals surface area contributed by atoms with Crippen LogP contribution in [0.4, 0.5) is 17.2 Å². The average molecular weight is 447 g/mol. The second-order valence-electron chi connectivity index (χ2n) is 7.69. The molecule has 2 aromatic heterocycles. The Bertz CT molecular complexity index is 1540. The summed E-state index contributed by atoms with van der Waals surface area (Å²) in [6.07, 6.45) is 4.49. The van der Waals surface area contributed by atoms with Crippen LogP contribution in [0.15, 0.2) is 91.9 Å². The smallest absolute Gasteiger partial charge is 0.247 e. The molecule has 2 N–H and O–H groups in total. The number of ether oxygens (including phenoxy) is 1. The first-order valence-electron chi connectivity index (χ1n) is 10.7. The minimum Gasteiger partial charge on any atom is -0.455 e. The maximum absolute atomic E-state index is 11.7. The van der Waals surface area contributed by atoms with Gasteiger partial charge in [-0.25, -0.2) is 9.97 Å². The Morgan fingerprint density at radius 2 is 1.79 bits per heavy atom. The van der Waals surface area contributed by atoms with Gasteiger partial charge in [0.25, 0.3) is 0 Å². The number of fused-ring (bicyclic) bond motifs is 2. The zero-order chi connectivity index (χ0) is 23.5. The van der Waals surface area contributed by atoms with Crippen molar-refractivity contribution in [3.63, 3.8) is 0 Å². The largest absolute Gasteiger partial charge is 0.455 e. The summed E-state index contributed by atoms with van der Waals surface area (Å²) < 4.78 is 6.20. The molecule has 0 unspecified atom stereocenters. The number of anilines is 3. The lowest BCUT2D eigenvalue weighted by Gasteiger charge is -2.13. The van der Waals surface area contributed by atoms with Gasteiger partial charge < -0.3 is 15.4 Å². The average Bonchev–Trinajstić information content (AvgIpc) is 2.86. The van der Waals surface area contributed by atoms with E-state index >= 15 is 0 Å². The number of nitrogens with zero attached hydrogens (tertiary/aromatic N) is 3. The molecule has 0 fully saturated rings. The van der Waals surface area contributed by atoms with Gasteiger partial charge >= 0.3 is 0 Å². The molecule has 0 aliphatic carbocycles. The van der Waals surface area contributed by atoms with Crippen molar-refractivity contribution in [1.29, 1.82) is 0 Å². The maximum atomic E-state index is 11.7. The number of nitrogens with one attached hydrogen (secondary N) is 2. The molecule has 1 amide bonds. The Morgan fingerprint density at radius 3 is 2.65 bits per heavy atom. The van der Waals surface area contributed by atoms with Gasteiger partial charge in [0, 0.05) is 28.3 Å². The molecule has 3 aromatic carbocycles. The van der Waals surface area contributed by atoms with E-state index in [-0.39, 0.29) is 5.91 Å². The van der Waals surface area contributed by atoms with E-state index < -0.39 is 0 Å². The summed E-state index contributed by atoms with van der Waals surface area (Å²) in [6, 6.07) is 21.1. The number of aryl methyl sites for hydroxylation is 1. The normalized spacial score (nSPS) is 10.7. The SMILES string of the molecule is C=CC(=O)Nc1ccc2ncnc(Nc3ccc(Oc4cccc5cccnc45)c(C)c3)c2c1. The zero-order valence-electron chi connectivity index (χ0n) is 18.4. The molecule has 0 bridgehead atoms. The van der Waals surface area contributed by atoms with Crippen LogP contribution in [-0.2, 0) is 4.79 Å². The molecule has 0 aliphatic heterocycles. The van der Waals surface area contributed by atoms with Crippen LogP contribution >= 0.6 is 0 Å². The molecule has 0 atom stereocenters. The van der Waals surface area contributed by atoms with Gasteiger partial charge in [0.1, 0.15) is 23.4 Å². The molecule has 0 spiro atoms. The van der Waals surface area contributed by atoms with Gasteiger partial charge in [-0.3, -0.25) is 9.78 Å². The van der Waals surface area contributed by atoms with Crippen molar-refractivity contribution in [3.05, 3.63) is 97.5 Å². The number of benzene rings is 3. The van der Waals surface area contributed by atoms with Crippen molar-refractivity contribution in [2.75, 3.05) is 10.6 Å². The first kappa shape index (κ1) is 21.1. The molecule has 0 saturated heterocycles. The van der Waals surface area contributed by atoms with E-state index in [1.807, 2.05) is 67.6 Å². The van der Waals surface area contributed by atoms with E-state index in [0.29, 0.717) is 17.3 Å². The fourth-order valence-corrected chi connectivity index (χ4v) is 3.68. The van der Waals surface area contributed by atoms with Crippen LogP contribution in [0, 0.1) is 6.92 Å². The summed E-state index contributed by atoms with van der Waals surface area (Å²) >= 11 is 0. The number of pyridine rings is 1. The third kappa shape index (κ3) is 4.27. The fourth-order valence-electron chi connectivity index (χ4n) is 3.68. The lowest BCUT2D eigenvalue weighted by molar-refractivity contribution is -0.111. The highest BCUT2D eigenvalue weighted by molar-refractivity contribution is 6.01. The molecule has 5 rings (SSSR count). The highest BCUT2D eigenvalue weighted by Crippen LogP contribution is 2.33. The molecule has 0 aliphatic rings. The Balaban J connectivity index is 1.42. The Morgan fingerprint density at radius 1 is 0.941 bits per heavy atom. The Kier molecular flexibility index (Phi) is 5.58. The predicted octanol–water partition coefficient (Wildman–Crippen LogP) is 6.15. The number of hydrogen-bond acceptors (Lipinski definition) is 6. The molecule has 7 heteroatoms. The van der Waals surface area contributed by atoms with E-state index in [2.05, 4.69) is 32.2 Å². The number of rotatable bonds is 6. The van der Waals surface area contributed by atoms with Gasteiger partial charge in [0.15, 0.2) is 5.75 Å². The van der Waals surface area contributed by atoms with Crippen LogP contribution in [-0.4, -0.2) is 20.9 Å². The van der Waals surface area contributed by atoms with Crippen LogP contribution in [0.3, 0.4) is 0 Å². The molecule has 0 radical (unpaired) electrons. The fraction of sp³-hybridized carbons (Fsp3) is 0.0370. The van der Waals surface area contributed by atoms with Gasteiger partial charge in [-0.1, -0.05) is 24.8 Å². The Labute approximate surface area is 196 Å². The lowest BCUT2D eigenvalue weighted by atomic mass is 10.1. The van der Waals surface area contributed by atoms with Crippen LogP contribution in [0.5, 0.6) is 11.5 Å². The van der Waals surface area contributed by atoms with E-state index in [9.17, 15) is 4.79 Å². The summed E-state index contributed by atoms with van der Waals surface area (Å²) in [5.74, 6) is 1.80. The summed E-state index contributed by atoms with van der Waals surface area (Å²) in [5.41, 5.74) is 4.02. The van der Waals surface area contributed by atoms with Gasteiger partial charge in [0.2, 0.25) is 5.91 Å². The van der Waals surface area contributed by atoms with Crippen LogP contribution < -0.4 is 15.4 Å². The quantitative estimate of drug-likeness (QED) is 0.304. The molecular formula is C27H21N5O2. The molecule has 166 valence electrons. The van der Waals surface area contributed by atoms with E-state index in [0.717, 1.165) is 38.8 Å². The van der Waals surface area contributed by atoms with Gasteiger partial charge in [-0.2, -0.15) is 0 Å². The van der Waals surface area contributed by atoms with Crippen LogP contribution in [0.2, 0.25) is 0 Å². The number of aromatic nitrogens is 3. The number of amides is 1. The molecule has 5 aromatic rings. The second-order valence-corrected chi connectivity index (χ2v) is 7.69. The van der Waals surface area contributed by atoms with E-state index in [1.54, 1.807) is 12.3 Å². The molecule has 0 saturated carbocycles. The summed E-state index contributed by atoms with van der Waals surface area (Å²) in [6.45, 7) is 5.47. The lowest BCUT2D eigenvalue weighted by Crippen LogP contribution is -2.07. The monoisotopic (exact) mass is 447 g/mol. The van der Waals surface area contributed by atoms with Crippen LogP contribution in [0.1, 0.15) is 5.56 Å². The molecule has 7 nitrogen and oxygen atoms in total. The first-order chi connectivity index (χ1) is 16.6. The van der Waals surface area contributed by atoms with Crippen molar-refractivity contribution >= 4 is 44.9 Å². The third-order valence-corrected chi connectivity index (χ3v) is 5.34. The highest BCUT2D eigenvalue weighted by atomic mass is 16.5. The van der Waals surface area contributed by atoms with E-state index in [4.69, 9.17) is 4.74 Å². The van der Waals surface area contributed by atoms with Crippen molar-refractivity contribution in [2.24, 2.45) is 0 Å². The van der Waals surface area contributed by atoms with Crippen molar-refractivity contribution in [2.45, 2.75) is 6.92 Å². The van der Waals surface area contributed by atoms with Gasteiger partial charge in [0.05, 0.1) is 5.52 Å². The standard InChI is InChI=1S/C27H21N5O2/c1-3-25(33)31-20-9-11-22-21(15-20)27(30-16-29-22)32-19-10-12-23(17(2)14-19)34-24-8-4-6-18-7-5-13-28-26(18)24/h3-16H,1H2,2H3,(H,31,33)(H,29,30,32). The summed E-state index contributed by atoms with van der Waals surface area (Å²) in [4.78, 5) is 24.9. The molecule has 34 heavy (non-hydrogen) atoms. The highest BCUT2D eigenvalue weighted by Gasteiger charge is 2.10. The summed E-state index contributed by atoms with van der Waals surface area (Å²) in [7, 11) is 0. The number of carbonyl (C=O) groups excluding carboxylic acids is 1. The van der Waals surface area contributed by atoms with Crippen molar-refractivity contribution in [1.82, 2.24) is 15.0 Å². The third-order valence-electron chi connectivity index (χ3n) is 5.34. The molecular weight excluding hydrogens is 426 g/mol.